The highest BCUT2D eigenvalue weighted by atomic mass is 16.6. The molecule has 122 valence electrons. The summed E-state index contributed by atoms with van der Waals surface area (Å²) in [5, 5.41) is 28.8. The Morgan fingerprint density at radius 3 is 2.78 bits per heavy atom. The van der Waals surface area contributed by atoms with Crippen LogP contribution in [0.15, 0.2) is 16.9 Å². The molecular weight excluding hydrogens is 303 g/mol. The first-order chi connectivity index (χ1) is 10.9. The zero-order valence-corrected chi connectivity index (χ0v) is 12.8. The van der Waals surface area contributed by atoms with Crippen molar-refractivity contribution in [3.63, 3.8) is 0 Å². The largest absolute Gasteiger partial charge is 0.708 e. The van der Waals surface area contributed by atoms with Gasteiger partial charge in [-0.3, -0.25) is 14.4 Å². The zero-order valence-electron chi connectivity index (χ0n) is 12.8. The zero-order chi connectivity index (χ0) is 16.6. The lowest BCUT2D eigenvalue weighted by molar-refractivity contribution is 0.259. The Kier molecular flexibility index (Phi) is 4.07. The van der Waals surface area contributed by atoms with E-state index in [1.165, 1.54) is 13.1 Å². The molecule has 2 aromatic rings. The van der Waals surface area contributed by atoms with E-state index in [0.717, 1.165) is 30.0 Å². The molecule has 23 heavy (non-hydrogen) atoms. The summed E-state index contributed by atoms with van der Waals surface area (Å²) in [5.74, 6) is 0.447. The van der Waals surface area contributed by atoms with E-state index in [2.05, 4.69) is 20.4 Å². The molecule has 1 aliphatic rings. The molecule has 0 radical (unpaired) electrons. The minimum atomic E-state index is -2.01. The molecule has 3 N–H and O–H groups in total. The molecule has 0 bridgehead atoms. The van der Waals surface area contributed by atoms with Gasteiger partial charge in [0.2, 0.25) is 5.88 Å². The van der Waals surface area contributed by atoms with Crippen LogP contribution in [0.5, 0.6) is 5.88 Å². The Hall–Kier alpha value is -2.37. The van der Waals surface area contributed by atoms with Crippen LogP contribution in [-0.2, 0) is 20.1 Å². The lowest BCUT2D eigenvalue weighted by atomic mass is 10.2. The molecule has 11 heteroatoms. The monoisotopic (exact) mass is 320 g/mol. The van der Waals surface area contributed by atoms with Crippen molar-refractivity contribution >= 4 is 18.8 Å². The van der Waals surface area contributed by atoms with Crippen molar-refractivity contribution in [1.82, 2.24) is 24.5 Å². The van der Waals surface area contributed by atoms with Gasteiger partial charge in [-0.1, -0.05) is 0 Å². The average molecular weight is 320 g/mol. The summed E-state index contributed by atoms with van der Waals surface area (Å²) in [6.07, 6.45) is 0. The second-order valence-corrected chi connectivity index (χ2v) is 5.38. The summed E-state index contributed by atoms with van der Waals surface area (Å²) < 4.78 is 7.63. The summed E-state index contributed by atoms with van der Waals surface area (Å²) in [6, 6.07) is 3.17. The fourth-order valence-corrected chi connectivity index (χ4v) is 2.43. The van der Waals surface area contributed by atoms with E-state index >= 15 is 0 Å². The first kappa shape index (κ1) is 15.5. The Bertz CT molecular complexity index is 773. The molecule has 0 spiro atoms. The van der Waals surface area contributed by atoms with E-state index in [0.29, 0.717) is 5.82 Å². The molecule has 3 rings (SSSR count). The number of likely N-dealkylation sites (N-methyl/N-ethyl adjacent to an activating group) is 1. The lowest BCUT2D eigenvalue weighted by Gasteiger charge is -2.22. The van der Waals surface area contributed by atoms with E-state index in [1.54, 1.807) is 0 Å². The normalized spacial score (nSPS) is 14.4. The third-order valence-electron chi connectivity index (χ3n) is 3.52. The van der Waals surface area contributed by atoms with Gasteiger partial charge in [0.05, 0.1) is 12.2 Å². The minimum absolute atomic E-state index is 0.0895. The van der Waals surface area contributed by atoms with Crippen molar-refractivity contribution in [2.75, 3.05) is 18.9 Å². The van der Waals surface area contributed by atoms with Gasteiger partial charge in [0, 0.05) is 32.3 Å². The van der Waals surface area contributed by atoms with Crippen LogP contribution >= 0.6 is 0 Å². The van der Waals surface area contributed by atoms with Crippen molar-refractivity contribution < 1.29 is 14.7 Å². The van der Waals surface area contributed by atoms with E-state index in [-0.39, 0.29) is 17.1 Å². The number of hydrogen-bond acceptors (Lipinski definition) is 8. The Balaban J connectivity index is 1.88. The first-order valence-corrected chi connectivity index (χ1v) is 7.06. The number of fused-ring (bicyclic) bond motifs is 1. The van der Waals surface area contributed by atoms with Crippen molar-refractivity contribution in [2.45, 2.75) is 13.1 Å². The van der Waals surface area contributed by atoms with Crippen LogP contribution in [-0.4, -0.2) is 55.4 Å². The maximum absolute atomic E-state index is 12.1. The number of aromatic nitrogens is 4. The molecule has 0 aromatic carbocycles. The van der Waals surface area contributed by atoms with Crippen LogP contribution < -0.4 is 15.5 Å². The van der Waals surface area contributed by atoms with Gasteiger partial charge in [-0.05, 0) is 7.05 Å². The topological polar surface area (TPSA) is 118 Å². The fraction of sp³-hybridized carbons (Fsp3) is 0.417. The highest BCUT2D eigenvalue weighted by Gasteiger charge is 2.18. The molecule has 0 unspecified atom stereocenters. The standard InChI is InChI=1S/C12H17BN6O4/c1-17-3-4-19-8(7-17)5-10(15-19)14-9-6-11(23-13(21)22)16-18(2)12(9)20/h5-6,21-22H,3-4,7H2,1-2H3,(H,14,15). The summed E-state index contributed by atoms with van der Waals surface area (Å²) in [6.45, 7) is 2.48. The van der Waals surface area contributed by atoms with Crippen LogP contribution in [0.2, 0.25) is 0 Å². The molecule has 10 nitrogen and oxygen atoms in total. The van der Waals surface area contributed by atoms with E-state index in [1.807, 2.05) is 17.8 Å². The van der Waals surface area contributed by atoms with Crippen molar-refractivity contribution in [1.29, 1.82) is 0 Å². The average Bonchev–Trinajstić information content (AvgIpc) is 2.85. The third kappa shape index (κ3) is 3.36. The summed E-state index contributed by atoms with van der Waals surface area (Å²) in [5.41, 5.74) is 0.851. The second kappa shape index (κ2) is 6.03. The summed E-state index contributed by atoms with van der Waals surface area (Å²) in [4.78, 5) is 14.3. The van der Waals surface area contributed by atoms with Gasteiger partial charge in [0.15, 0.2) is 5.82 Å². The SMILES string of the molecule is CN1CCn2nc(Nc3cc(OB(O)O)nn(C)c3=O)cc2C1. The highest BCUT2D eigenvalue weighted by molar-refractivity contribution is 6.33. The van der Waals surface area contributed by atoms with Gasteiger partial charge in [-0.2, -0.15) is 5.10 Å². The predicted octanol–water partition coefficient (Wildman–Crippen LogP) is -1.49. The number of aryl methyl sites for hydroxylation is 1. The number of hydrogen-bond donors (Lipinski definition) is 3. The van der Waals surface area contributed by atoms with Crippen molar-refractivity contribution in [3.8, 4) is 5.88 Å². The summed E-state index contributed by atoms with van der Waals surface area (Å²) >= 11 is 0. The molecule has 0 saturated heterocycles. The lowest BCUT2D eigenvalue weighted by Crippen LogP contribution is -2.30. The van der Waals surface area contributed by atoms with Gasteiger partial charge in [-0.15, -0.1) is 5.10 Å². The van der Waals surface area contributed by atoms with Gasteiger partial charge >= 0.3 is 7.32 Å². The molecule has 1 aliphatic heterocycles. The minimum Gasteiger partial charge on any atom is -0.497 e. The van der Waals surface area contributed by atoms with E-state index in [9.17, 15) is 4.79 Å². The third-order valence-corrected chi connectivity index (χ3v) is 3.52. The maximum Gasteiger partial charge on any atom is 0.708 e. The van der Waals surface area contributed by atoms with Gasteiger partial charge in [-0.25, -0.2) is 4.68 Å². The Morgan fingerprint density at radius 2 is 2.04 bits per heavy atom. The van der Waals surface area contributed by atoms with Crippen LogP contribution in [0, 0.1) is 0 Å². The van der Waals surface area contributed by atoms with Gasteiger partial charge in [0.1, 0.15) is 5.69 Å². The van der Waals surface area contributed by atoms with Crippen molar-refractivity contribution in [2.24, 2.45) is 7.05 Å². The molecule has 0 aliphatic carbocycles. The van der Waals surface area contributed by atoms with Crippen LogP contribution in [0.3, 0.4) is 0 Å². The number of nitrogens with one attached hydrogen (secondary N) is 1. The molecule has 0 fully saturated rings. The van der Waals surface area contributed by atoms with E-state index in [4.69, 9.17) is 14.7 Å². The smallest absolute Gasteiger partial charge is 0.497 e. The molecule has 0 atom stereocenters. The highest BCUT2D eigenvalue weighted by Crippen LogP contribution is 2.19. The van der Waals surface area contributed by atoms with Crippen LogP contribution in [0.25, 0.3) is 0 Å². The molecule has 0 saturated carbocycles. The number of nitrogens with zero attached hydrogens (tertiary/aromatic N) is 5. The second-order valence-electron chi connectivity index (χ2n) is 5.38. The Labute approximate surface area is 132 Å². The Morgan fingerprint density at radius 1 is 1.26 bits per heavy atom. The van der Waals surface area contributed by atoms with Gasteiger partial charge in [0.25, 0.3) is 5.56 Å². The fourth-order valence-electron chi connectivity index (χ4n) is 2.43. The molecule has 3 heterocycles. The maximum atomic E-state index is 12.1. The summed E-state index contributed by atoms with van der Waals surface area (Å²) in [7, 11) is 1.46. The van der Waals surface area contributed by atoms with E-state index < -0.39 is 7.32 Å². The van der Waals surface area contributed by atoms with Crippen LogP contribution in [0.1, 0.15) is 5.69 Å². The van der Waals surface area contributed by atoms with Crippen LogP contribution in [0.4, 0.5) is 11.5 Å². The molecule has 2 aromatic heterocycles. The predicted molar refractivity (Wildman–Crippen MR) is 82.1 cm³/mol. The number of rotatable bonds is 4. The molecule has 0 amide bonds. The first-order valence-electron chi connectivity index (χ1n) is 7.06. The molecular formula is C12H17BN6O4. The van der Waals surface area contributed by atoms with Gasteiger partial charge < -0.3 is 20.0 Å². The number of anilines is 2. The quantitative estimate of drug-likeness (QED) is 0.584. The van der Waals surface area contributed by atoms with Crippen molar-refractivity contribution in [3.05, 3.63) is 28.2 Å².